The number of hydrogen-bond acceptors (Lipinski definition) is 6. The molecule has 2 aromatic carbocycles. The molecule has 4 atom stereocenters. The molecular formula is C27H27N3O5. The van der Waals surface area contributed by atoms with E-state index >= 15 is 0 Å². The molecular weight excluding hydrogens is 446 g/mol. The van der Waals surface area contributed by atoms with Gasteiger partial charge in [0.05, 0.1) is 24.4 Å². The predicted molar refractivity (Wildman–Crippen MR) is 131 cm³/mol. The Morgan fingerprint density at radius 2 is 2.03 bits per heavy atom. The van der Waals surface area contributed by atoms with E-state index in [-0.39, 0.29) is 17.9 Å². The van der Waals surface area contributed by atoms with Crippen molar-refractivity contribution in [2.45, 2.75) is 30.5 Å². The molecule has 1 saturated heterocycles. The second kappa shape index (κ2) is 9.03. The Hall–Kier alpha value is -3.91. The molecule has 1 amide bonds. The van der Waals surface area contributed by atoms with Gasteiger partial charge in [-0.05, 0) is 18.6 Å². The van der Waals surface area contributed by atoms with Gasteiger partial charge in [0.2, 0.25) is 5.91 Å². The zero-order valence-corrected chi connectivity index (χ0v) is 19.4. The summed E-state index contributed by atoms with van der Waals surface area (Å²) in [7, 11) is 1.61. The van der Waals surface area contributed by atoms with E-state index in [9.17, 15) is 14.7 Å². The molecule has 2 fully saturated rings. The van der Waals surface area contributed by atoms with E-state index in [2.05, 4.69) is 17.2 Å². The molecule has 2 aliphatic rings. The van der Waals surface area contributed by atoms with Gasteiger partial charge >= 0.3 is 5.97 Å². The molecule has 5 rings (SSSR count). The number of aliphatic carboxylic acids is 1. The normalized spacial score (nSPS) is 25.1. The minimum atomic E-state index is -1.25. The lowest BCUT2D eigenvalue weighted by molar-refractivity contribution is -0.143. The lowest BCUT2D eigenvalue weighted by atomic mass is 10.1. The van der Waals surface area contributed by atoms with Crippen LogP contribution in [0.15, 0.2) is 67.3 Å². The number of nitrogens with zero attached hydrogens (tertiary/aromatic N) is 1. The zero-order valence-electron chi connectivity index (χ0n) is 19.4. The molecule has 0 bridgehead atoms. The number of ether oxygens (including phenoxy) is 2. The summed E-state index contributed by atoms with van der Waals surface area (Å²) in [6.45, 7) is 4.13. The number of hydrogen-bond donors (Lipinski definition) is 3. The predicted octanol–water partition coefficient (Wildman–Crippen LogP) is 3.17. The van der Waals surface area contributed by atoms with E-state index in [1.165, 1.54) is 0 Å². The third kappa shape index (κ3) is 4.33. The van der Waals surface area contributed by atoms with Crippen molar-refractivity contribution in [1.82, 2.24) is 15.6 Å². The third-order valence-electron chi connectivity index (χ3n) is 6.78. The van der Waals surface area contributed by atoms with Gasteiger partial charge in [-0.2, -0.15) is 0 Å². The Morgan fingerprint density at radius 1 is 1.23 bits per heavy atom. The molecule has 0 radical (unpaired) electrons. The van der Waals surface area contributed by atoms with Crippen molar-refractivity contribution >= 4 is 22.8 Å². The van der Waals surface area contributed by atoms with E-state index < -0.39 is 17.6 Å². The van der Waals surface area contributed by atoms with Gasteiger partial charge in [-0.3, -0.25) is 4.79 Å². The average molecular weight is 474 g/mol. The van der Waals surface area contributed by atoms with Gasteiger partial charge in [0.25, 0.3) is 0 Å². The zero-order chi connectivity index (χ0) is 24.6. The highest BCUT2D eigenvalue weighted by atomic mass is 16.5. The van der Waals surface area contributed by atoms with Crippen LogP contribution in [0.1, 0.15) is 12.8 Å². The average Bonchev–Trinajstić information content (AvgIpc) is 3.40. The van der Waals surface area contributed by atoms with E-state index in [0.29, 0.717) is 30.9 Å². The molecule has 1 aliphatic heterocycles. The molecule has 1 aliphatic carbocycles. The lowest BCUT2D eigenvalue weighted by Gasteiger charge is -2.18. The van der Waals surface area contributed by atoms with Crippen molar-refractivity contribution in [1.29, 1.82) is 0 Å². The van der Waals surface area contributed by atoms with Gasteiger partial charge in [-0.1, -0.05) is 36.4 Å². The number of pyridine rings is 1. The molecule has 3 N–H and O–H groups in total. The van der Waals surface area contributed by atoms with Crippen molar-refractivity contribution in [3.63, 3.8) is 0 Å². The van der Waals surface area contributed by atoms with E-state index in [1.54, 1.807) is 13.2 Å². The highest BCUT2D eigenvalue weighted by molar-refractivity contribution is 5.93. The Kier molecular flexibility index (Phi) is 5.90. The first-order chi connectivity index (χ1) is 16.9. The Morgan fingerprint density at radius 3 is 2.71 bits per heavy atom. The summed E-state index contributed by atoms with van der Waals surface area (Å²) in [4.78, 5) is 29.3. The van der Waals surface area contributed by atoms with E-state index in [4.69, 9.17) is 14.5 Å². The van der Waals surface area contributed by atoms with Crippen molar-refractivity contribution in [2.24, 2.45) is 5.92 Å². The first-order valence-electron chi connectivity index (χ1n) is 11.6. The SMILES string of the molecule is C=CC1C[C@]1(NC(=O)[C@@H]1CC(Oc2cc(-c3ccccc3)nc3cc(OC)ccc23)CN1)C(=O)O. The summed E-state index contributed by atoms with van der Waals surface area (Å²) >= 11 is 0. The smallest absolute Gasteiger partial charge is 0.330 e. The standard InChI is InChI=1S/C27H27N3O5/c1-3-17-14-27(17,26(32)33)30-25(31)23-12-19(15-28-23)35-24-13-21(16-7-5-4-6-8-16)29-22-11-18(34-2)9-10-20(22)24/h3-11,13,17,19,23,28H,1,12,14-15H2,2H3,(H,30,31)(H,32,33)/t17?,19?,23-,27+/m0/s1. The van der Waals surface area contributed by atoms with Crippen LogP contribution in [-0.4, -0.2) is 53.3 Å². The molecule has 2 heterocycles. The molecule has 8 heteroatoms. The summed E-state index contributed by atoms with van der Waals surface area (Å²) in [5.74, 6) is -0.259. The maximum Gasteiger partial charge on any atom is 0.330 e. The summed E-state index contributed by atoms with van der Waals surface area (Å²) in [6, 6.07) is 16.9. The first kappa shape index (κ1) is 22.9. The maximum atomic E-state index is 12.8. The van der Waals surface area contributed by atoms with Crippen molar-refractivity contribution in [2.75, 3.05) is 13.7 Å². The molecule has 1 aromatic heterocycles. The molecule has 8 nitrogen and oxygen atoms in total. The lowest BCUT2D eigenvalue weighted by Crippen LogP contribution is -2.51. The van der Waals surface area contributed by atoms with Crippen molar-refractivity contribution in [3.05, 3.63) is 67.3 Å². The minimum Gasteiger partial charge on any atom is -0.497 e. The van der Waals surface area contributed by atoms with Crippen molar-refractivity contribution in [3.8, 4) is 22.8 Å². The van der Waals surface area contributed by atoms with Crippen LogP contribution in [0.2, 0.25) is 0 Å². The first-order valence-corrected chi connectivity index (χ1v) is 11.6. The number of carbonyl (C=O) groups is 2. The maximum absolute atomic E-state index is 12.8. The van der Waals surface area contributed by atoms with E-state index in [1.807, 2.05) is 54.6 Å². The molecule has 180 valence electrons. The van der Waals surface area contributed by atoms with Crippen LogP contribution >= 0.6 is 0 Å². The van der Waals surface area contributed by atoms with Crippen LogP contribution in [0.4, 0.5) is 0 Å². The van der Waals surface area contributed by atoms with Gasteiger partial charge in [0, 0.05) is 42.0 Å². The van der Waals surface area contributed by atoms with Crippen LogP contribution < -0.4 is 20.1 Å². The number of carboxylic acids is 1. The number of amides is 1. The van der Waals surface area contributed by atoms with Crippen LogP contribution in [0.3, 0.4) is 0 Å². The molecule has 1 saturated carbocycles. The van der Waals surface area contributed by atoms with Gasteiger partial charge in [0.1, 0.15) is 23.1 Å². The Balaban J connectivity index is 1.36. The number of carbonyl (C=O) groups excluding carboxylic acids is 1. The fourth-order valence-electron chi connectivity index (χ4n) is 4.65. The number of aromatic nitrogens is 1. The van der Waals surface area contributed by atoms with Crippen LogP contribution in [-0.2, 0) is 9.59 Å². The molecule has 3 aromatic rings. The van der Waals surface area contributed by atoms with Gasteiger partial charge in [-0.15, -0.1) is 6.58 Å². The minimum absolute atomic E-state index is 0.256. The monoisotopic (exact) mass is 473 g/mol. The number of nitrogens with one attached hydrogen (secondary N) is 2. The Bertz CT molecular complexity index is 1290. The Labute approximate surface area is 203 Å². The summed E-state index contributed by atoms with van der Waals surface area (Å²) in [5.41, 5.74) is 1.23. The number of carboxylic acid groups (broad SMARTS) is 1. The van der Waals surface area contributed by atoms with Gasteiger partial charge in [0.15, 0.2) is 0 Å². The molecule has 2 unspecified atom stereocenters. The fraction of sp³-hybridized carbons (Fsp3) is 0.296. The number of rotatable bonds is 8. The van der Waals surface area contributed by atoms with Crippen LogP contribution in [0, 0.1) is 5.92 Å². The second-order valence-electron chi connectivity index (χ2n) is 9.00. The molecule has 35 heavy (non-hydrogen) atoms. The number of methoxy groups -OCH3 is 1. The third-order valence-corrected chi connectivity index (χ3v) is 6.78. The number of fused-ring (bicyclic) bond motifs is 1. The van der Waals surface area contributed by atoms with Gasteiger partial charge in [-0.25, -0.2) is 9.78 Å². The highest BCUT2D eigenvalue weighted by Crippen LogP contribution is 2.44. The summed E-state index contributed by atoms with van der Waals surface area (Å²) < 4.78 is 11.8. The summed E-state index contributed by atoms with van der Waals surface area (Å²) in [5, 5.41) is 16.3. The quantitative estimate of drug-likeness (QED) is 0.431. The number of benzene rings is 2. The summed E-state index contributed by atoms with van der Waals surface area (Å²) in [6.07, 6.45) is 2.09. The second-order valence-corrected chi connectivity index (χ2v) is 9.00. The van der Waals surface area contributed by atoms with Crippen molar-refractivity contribution < 1.29 is 24.2 Å². The fourth-order valence-corrected chi connectivity index (χ4v) is 4.65. The van der Waals surface area contributed by atoms with E-state index in [0.717, 1.165) is 22.2 Å². The van der Waals surface area contributed by atoms with Gasteiger partial charge < -0.3 is 25.2 Å². The largest absolute Gasteiger partial charge is 0.497 e. The molecule has 0 spiro atoms. The highest BCUT2D eigenvalue weighted by Gasteiger charge is 2.60. The topological polar surface area (TPSA) is 110 Å². The van der Waals surface area contributed by atoms with Crippen LogP contribution in [0.25, 0.3) is 22.2 Å². The van der Waals surface area contributed by atoms with Crippen LogP contribution in [0.5, 0.6) is 11.5 Å².